The molecule has 1 aliphatic heterocycles. The van der Waals surface area contributed by atoms with Crippen LogP contribution in [0.2, 0.25) is 10.0 Å². The van der Waals surface area contributed by atoms with Gasteiger partial charge in [0.05, 0.1) is 28.2 Å². The van der Waals surface area contributed by atoms with Gasteiger partial charge in [-0.15, -0.1) is 0 Å². The van der Waals surface area contributed by atoms with Crippen molar-refractivity contribution >= 4 is 34.2 Å². The number of halogens is 2. The van der Waals surface area contributed by atoms with Crippen molar-refractivity contribution in [1.82, 2.24) is 9.55 Å². The summed E-state index contributed by atoms with van der Waals surface area (Å²) in [4.78, 5) is 4.79. The van der Waals surface area contributed by atoms with E-state index in [1.165, 1.54) is 5.56 Å². The van der Waals surface area contributed by atoms with Gasteiger partial charge in [-0.05, 0) is 31.5 Å². The molecule has 4 rings (SSSR count). The molecular weight excluding hydrogens is 319 g/mol. The molecule has 2 aromatic carbocycles. The number of hydrogen-bond acceptors (Lipinski definition) is 2. The quantitative estimate of drug-likeness (QED) is 0.617. The molecule has 3 aromatic rings. The molecule has 112 valence electrons. The van der Waals surface area contributed by atoms with Crippen LogP contribution in [0.4, 0.5) is 0 Å². The third-order valence-electron chi connectivity index (χ3n) is 4.28. The van der Waals surface area contributed by atoms with Gasteiger partial charge in [-0.3, -0.25) is 0 Å². The predicted octanol–water partition coefficient (Wildman–Crippen LogP) is 5.14. The number of benzene rings is 2. The molecular formula is C17H14Cl2N2O. The first-order chi connectivity index (χ1) is 10.6. The second kappa shape index (κ2) is 4.90. The van der Waals surface area contributed by atoms with Crippen LogP contribution in [0.25, 0.3) is 22.4 Å². The first-order valence-corrected chi connectivity index (χ1v) is 7.89. The van der Waals surface area contributed by atoms with Crippen LogP contribution in [-0.4, -0.2) is 16.7 Å². The van der Waals surface area contributed by atoms with Gasteiger partial charge in [-0.25, -0.2) is 4.98 Å². The van der Waals surface area contributed by atoms with E-state index in [2.05, 4.69) is 17.6 Å². The van der Waals surface area contributed by atoms with Crippen molar-refractivity contribution < 1.29 is 4.74 Å². The molecule has 0 radical (unpaired) electrons. The molecule has 3 nitrogen and oxygen atoms in total. The lowest BCUT2D eigenvalue weighted by atomic mass is 9.95. The maximum atomic E-state index is 6.44. The Morgan fingerprint density at radius 2 is 2.05 bits per heavy atom. The molecule has 0 amide bonds. The summed E-state index contributed by atoms with van der Waals surface area (Å²) in [6.45, 7) is 2.16. The van der Waals surface area contributed by atoms with E-state index in [-0.39, 0.29) is 6.04 Å². The lowest BCUT2D eigenvalue weighted by molar-refractivity contribution is 0.404. The third kappa shape index (κ3) is 1.79. The fraction of sp³-hybridized carbons (Fsp3) is 0.235. The summed E-state index contributed by atoms with van der Waals surface area (Å²) in [6.07, 6.45) is 0.876. The van der Waals surface area contributed by atoms with Crippen LogP contribution in [0, 0.1) is 0 Å². The highest BCUT2D eigenvalue weighted by Gasteiger charge is 2.28. The summed E-state index contributed by atoms with van der Waals surface area (Å²) in [5, 5.41) is 1.12. The number of rotatable bonds is 1. The van der Waals surface area contributed by atoms with Gasteiger partial charge in [0, 0.05) is 17.2 Å². The van der Waals surface area contributed by atoms with E-state index in [1.54, 1.807) is 13.2 Å². The van der Waals surface area contributed by atoms with E-state index in [1.807, 2.05) is 18.2 Å². The monoisotopic (exact) mass is 332 g/mol. The Hall–Kier alpha value is -1.71. The van der Waals surface area contributed by atoms with E-state index in [0.717, 1.165) is 34.6 Å². The van der Waals surface area contributed by atoms with Crippen LogP contribution < -0.4 is 4.74 Å². The lowest BCUT2D eigenvalue weighted by Crippen LogP contribution is -2.16. The van der Waals surface area contributed by atoms with Crippen molar-refractivity contribution in [2.75, 3.05) is 7.11 Å². The summed E-state index contributed by atoms with van der Waals surface area (Å²) in [7, 11) is 1.70. The van der Waals surface area contributed by atoms with Crippen LogP contribution >= 0.6 is 23.2 Å². The van der Waals surface area contributed by atoms with Gasteiger partial charge in [0.15, 0.2) is 0 Å². The van der Waals surface area contributed by atoms with Crippen LogP contribution in [-0.2, 0) is 6.42 Å². The molecule has 22 heavy (non-hydrogen) atoms. The molecule has 0 saturated carbocycles. The minimum Gasteiger partial charge on any atom is -0.496 e. The van der Waals surface area contributed by atoms with Crippen LogP contribution in [0.3, 0.4) is 0 Å². The minimum atomic E-state index is 0.236. The summed E-state index contributed by atoms with van der Waals surface area (Å²) >= 11 is 12.6. The van der Waals surface area contributed by atoms with Crippen molar-refractivity contribution in [2.24, 2.45) is 0 Å². The average molecular weight is 333 g/mol. The predicted molar refractivity (Wildman–Crippen MR) is 90.2 cm³/mol. The Balaban J connectivity index is 2.10. The zero-order valence-corrected chi connectivity index (χ0v) is 13.7. The average Bonchev–Trinajstić information content (AvgIpc) is 2.92. The molecule has 0 bridgehead atoms. The van der Waals surface area contributed by atoms with E-state index >= 15 is 0 Å². The number of nitrogens with zero attached hydrogens (tertiary/aromatic N) is 2. The van der Waals surface area contributed by atoms with E-state index in [4.69, 9.17) is 32.9 Å². The number of aromatic nitrogens is 2. The molecule has 0 fully saturated rings. The molecule has 0 N–H and O–H groups in total. The Kier molecular flexibility index (Phi) is 3.10. The second-order valence-corrected chi connectivity index (χ2v) is 6.36. The zero-order chi connectivity index (χ0) is 15.4. The second-order valence-electron chi connectivity index (χ2n) is 5.57. The first-order valence-electron chi connectivity index (χ1n) is 7.14. The normalized spacial score (nSPS) is 16.5. The maximum absolute atomic E-state index is 6.44. The van der Waals surface area contributed by atoms with Gasteiger partial charge in [0.1, 0.15) is 11.6 Å². The molecule has 0 aliphatic carbocycles. The summed E-state index contributed by atoms with van der Waals surface area (Å²) < 4.78 is 7.69. The molecule has 1 aliphatic rings. The van der Waals surface area contributed by atoms with Crippen LogP contribution in [0.5, 0.6) is 5.75 Å². The standard InChI is InChI=1S/C17H14Cl2N2O/c1-9-8-11-10(4-3-5-14(11)22-2)17-20-13-7-6-12(18)15(19)16(13)21(9)17/h3-7,9H,8H2,1-2H3. The summed E-state index contributed by atoms with van der Waals surface area (Å²) in [5.74, 6) is 1.83. The highest BCUT2D eigenvalue weighted by Crippen LogP contribution is 2.43. The highest BCUT2D eigenvalue weighted by molar-refractivity contribution is 6.45. The van der Waals surface area contributed by atoms with Gasteiger partial charge in [0.2, 0.25) is 0 Å². The fourth-order valence-electron chi connectivity index (χ4n) is 3.31. The number of ether oxygens (including phenoxy) is 1. The largest absolute Gasteiger partial charge is 0.496 e. The minimum absolute atomic E-state index is 0.236. The number of methoxy groups -OCH3 is 1. The molecule has 5 heteroatoms. The van der Waals surface area contributed by atoms with Gasteiger partial charge in [0.25, 0.3) is 0 Å². The fourth-order valence-corrected chi connectivity index (χ4v) is 3.71. The van der Waals surface area contributed by atoms with Crippen molar-refractivity contribution in [3.8, 4) is 17.1 Å². The number of fused-ring (bicyclic) bond motifs is 5. The van der Waals surface area contributed by atoms with Gasteiger partial charge in [-0.1, -0.05) is 35.3 Å². The van der Waals surface area contributed by atoms with Crippen molar-refractivity contribution in [3.63, 3.8) is 0 Å². The zero-order valence-electron chi connectivity index (χ0n) is 12.2. The van der Waals surface area contributed by atoms with Gasteiger partial charge < -0.3 is 9.30 Å². The Morgan fingerprint density at radius 3 is 2.82 bits per heavy atom. The number of hydrogen-bond donors (Lipinski definition) is 0. The highest BCUT2D eigenvalue weighted by atomic mass is 35.5. The Bertz CT molecular complexity index is 901. The van der Waals surface area contributed by atoms with Crippen LogP contribution in [0.15, 0.2) is 30.3 Å². The molecule has 1 unspecified atom stereocenters. The van der Waals surface area contributed by atoms with Gasteiger partial charge >= 0.3 is 0 Å². The SMILES string of the molecule is COc1cccc2c1CC(C)n1c-2nc2ccc(Cl)c(Cl)c21. The molecule has 1 atom stereocenters. The topological polar surface area (TPSA) is 27.1 Å². The molecule has 0 spiro atoms. The summed E-state index contributed by atoms with van der Waals surface area (Å²) in [6, 6.07) is 10.0. The van der Waals surface area contributed by atoms with Gasteiger partial charge in [-0.2, -0.15) is 0 Å². The summed E-state index contributed by atoms with van der Waals surface area (Å²) in [5.41, 5.74) is 4.07. The molecule has 2 heterocycles. The first kappa shape index (κ1) is 13.9. The van der Waals surface area contributed by atoms with Crippen molar-refractivity contribution in [1.29, 1.82) is 0 Å². The van der Waals surface area contributed by atoms with Crippen molar-refractivity contribution in [3.05, 3.63) is 45.9 Å². The number of imidazole rings is 1. The maximum Gasteiger partial charge on any atom is 0.141 e. The smallest absolute Gasteiger partial charge is 0.141 e. The Morgan fingerprint density at radius 1 is 1.23 bits per heavy atom. The lowest BCUT2D eigenvalue weighted by Gasteiger charge is -2.26. The van der Waals surface area contributed by atoms with Crippen LogP contribution in [0.1, 0.15) is 18.5 Å². The van der Waals surface area contributed by atoms with E-state index < -0.39 is 0 Å². The van der Waals surface area contributed by atoms with Crippen molar-refractivity contribution in [2.45, 2.75) is 19.4 Å². The third-order valence-corrected chi connectivity index (χ3v) is 5.07. The molecule has 0 saturated heterocycles. The van der Waals surface area contributed by atoms with E-state index in [9.17, 15) is 0 Å². The molecule has 1 aromatic heterocycles. The van der Waals surface area contributed by atoms with E-state index in [0.29, 0.717) is 10.0 Å². The Labute approximate surface area is 138 Å².